The number of carbonyl (C=O) groups is 2. The fourth-order valence-electron chi connectivity index (χ4n) is 4.33. The highest BCUT2D eigenvalue weighted by atomic mass is 19.1. The summed E-state index contributed by atoms with van der Waals surface area (Å²) < 4.78 is 14.2. The zero-order valence-corrected chi connectivity index (χ0v) is 15.6. The van der Waals surface area contributed by atoms with Crippen LogP contribution in [-0.2, 0) is 11.3 Å². The van der Waals surface area contributed by atoms with E-state index in [9.17, 15) is 14.0 Å². The monoisotopic (exact) mass is 382 g/mol. The van der Waals surface area contributed by atoms with E-state index < -0.39 is 0 Å². The molecule has 2 aliphatic heterocycles. The molecule has 0 saturated carbocycles. The number of nitrogens with zero attached hydrogens (tertiary/aromatic N) is 4. The summed E-state index contributed by atoms with van der Waals surface area (Å²) in [5.41, 5.74) is 0.825. The van der Waals surface area contributed by atoms with Crippen LogP contribution in [-0.4, -0.2) is 50.2 Å². The molecule has 1 aromatic carbocycles. The molecule has 28 heavy (non-hydrogen) atoms. The summed E-state index contributed by atoms with van der Waals surface area (Å²) in [6.45, 7) is 0.797. The van der Waals surface area contributed by atoms with Crippen molar-refractivity contribution in [2.75, 3.05) is 6.54 Å². The van der Waals surface area contributed by atoms with Crippen LogP contribution < -0.4 is 0 Å². The molecule has 0 radical (unpaired) electrons. The van der Waals surface area contributed by atoms with E-state index >= 15 is 0 Å². The smallest absolute Gasteiger partial charge is 0.274 e. The van der Waals surface area contributed by atoms with Crippen molar-refractivity contribution in [3.8, 4) is 0 Å². The Balaban J connectivity index is 1.60. The van der Waals surface area contributed by atoms with Crippen molar-refractivity contribution >= 4 is 11.8 Å². The van der Waals surface area contributed by atoms with Crippen LogP contribution in [0.3, 0.4) is 0 Å². The molecule has 3 heterocycles. The van der Waals surface area contributed by atoms with Crippen molar-refractivity contribution in [3.05, 3.63) is 59.9 Å². The molecule has 1 aromatic heterocycles. The molecule has 0 unspecified atom stereocenters. The van der Waals surface area contributed by atoms with Gasteiger partial charge in [0.2, 0.25) is 5.91 Å². The molecule has 2 atom stereocenters. The van der Waals surface area contributed by atoms with Crippen LogP contribution in [0.5, 0.6) is 0 Å². The molecule has 2 saturated heterocycles. The van der Waals surface area contributed by atoms with Gasteiger partial charge in [0.1, 0.15) is 11.5 Å². The Hall–Kier alpha value is -2.83. The lowest BCUT2D eigenvalue weighted by Gasteiger charge is -2.37. The van der Waals surface area contributed by atoms with Crippen molar-refractivity contribution in [2.45, 2.75) is 50.7 Å². The summed E-state index contributed by atoms with van der Waals surface area (Å²) in [6.07, 6.45) is 8.18. The number of aromatic nitrogens is 2. The Morgan fingerprint density at radius 1 is 1.14 bits per heavy atom. The second kappa shape index (κ2) is 8.04. The van der Waals surface area contributed by atoms with Gasteiger partial charge in [0.05, 0.1) is 18.3 Å². The number of fused-ring (bicyclic) bond motifs is 1. The highest BCUT2D eigenvalue weighted by Crippen LogP contribution is 2.32. The van der Waals surface area contributed by atoms with Crippen molar-refractivity contribution < 1.29 is 14.0 Å². The maximum atomic E-state index is 14.2. The van der Waals surface area contributed by atoms with Crippen LogP contribution in [0.4, 0.5) is 4.39 Å². The summed E-state index contributed by atoms with van der Waals surface area (Å²) in [4.78, 5) is 37.5. The van der Waals surface area contributed by atoms with Gasteiger partial charge in [-0.05, 0) is 25.3 Å². The standard InChI is InChI=1S/C21H23FN4O2/c22-16-6-2-1-5-15(16)14-26-19-9-12-25(18(19)7-3-4-8-20(26)27)21(28)17-13-23-10-11-24-17/h1-2,5-6,10-11,13,18-19H,3-4,7-9,12,14H2/t18-,19+/m1/s1. The molecular formula is C21H23FN4O2. The largest absolute Gasteiger partial charge is 0.333 e. The highest BCUT2D eigenvalue weighted by molar-refractivity contribution is 5.92. The molecule has 6 nitrogen and oxygen atoms in total. The van der Waals surface area contributed by atoms with Gasteiger partial charge in [0.25, 0.3) is 5.91 Å². The predicted molar refractivity (Wildman–Crippen MR) is 101 cm³/mol. The number of halogens is 1. The van der Waals surface area contributed by atoms with Gasteiger partial charge in [-0.1, -0.05) is 24.6 Å². The fraction of sp³-hybridized carbons (Fsp3) is 0.429. The summed E-state index contributed by atoms with van der Waals surface area (Å²) in [6, 6.07) is 6.38. The average molecular weight is 382 g/mol. The quantitative estimate of drug-likeness (QED) is 0.819. The van der Waals surface area contributed by atoms with Crippen molar-refractivity contribution in [2.24, 2.45) is 0 Å². The molecule has 0 bridgehead atoms. The van der Waals surface area contributed by atoms with Gasteiger partial charge in [-0.15, -0.1) is 0 Å². The Morgan fingerprint density at radius 3 is 2.79 bits per heavy atom. The zero-order chi connectivity index (χ0) is 19.5. The Labute approximate surface area is 163 Å². The number of hydrogen-bond acceptors (Lipinski definition) is 4. The van der Waals surface area contributed by atoms with Gasteiger partial charge in [0, 0.05) is 37.5 Å². The molecule has 2 aliphatic rings. The van der Waals surface area contributed by atoms with Crippen molar-refractivity contribution in [1.29, 1.82) is 0 Å². The minimum absolute atomic E-state index is 0.0340. The van der Waals surface area contributed by atoms with Crippen molar-refractivity contribution in [1.82, 2.24) is 19.8 Å². The average Bonchev–Trinajstić information content (AvgIpc) is 3.12. The second-order valence-corrected chi connectivity index (χ2v) is 7.37. The van der Waals surface area contributed by atoms with Gasteiger partial charge >= 0.3 is 0 Å². The maximum Gasteiger partial charge on any atom is 0.274 e. The van der Waals surface area contributed by atoms with E-state index in [1.807, 2.05) is 4.90 Å². The molecule has 2 amide bonds. The lowest BCUT2D eigenvalue weighted by Crippen LogP contribution is -2.50. The van der Waals surface area contributed by atoms with Crippen LogP contribution in [0.1, 0.15) is 48.2 Å². The Morgan fingerprint density at radius 2 is 2.00 bits per heavy atom. The molecule has 146 valence electrons. The number of benzene rings is 1. The van der Waals surface area contributed by atoms with Gasteiger partial charge in [-0.2, -0.15) is 0 Å². The van der Waals surface area contributed by atoms with E-state index in [0.29, 0.717) is 30.6 Å². The van der Waals surface area contributed by atoms with E-state index in [-0.39, 0.29) is 36.3 Å². The summed E-state index contributed by atoms with van der Waals surface area (Å²) in [5, 5.41) is 0. The van der Waals surface area contributed by atoms with Crippen LogP contribution in [0.15, 0.2) is 42.9 Å². The van der Waals surface area contributed by atoms with E-state index in [0.717, 1.165) is 19.3 Å². The van der Waals surface area contributed by atoms with Crippen LogP contribution >= 0.6 is 0 Å². The zero-order valence-electron chi connectivity index (χ0n) is 15.6. The molecule has 7 heteroatoms. The highest BCUT2D eigenvalue weighted by Gasteiger charge is 2.42. The number of carbonyl (C=O) groups excluding carboxylic acids is 2. The third kappa shape index (κ3) is 3.61. The van der Waals surface area contributed by atoms with Gasteiger partial charge in [-0.25, -0.2) is 9.37 Å². The predicted octanol–water partition coefficient (Wildman–Crippen LogP) is 2.80. The van der Waals surface area contributed by atoms with Gasteiger partial charge < -0.3 is 9.80 Å². The van der Waals surface area contributed by atoms with Gasteiger partial charge in [-0.3, -0.25) is 14.6 Å². The molecule has 0 N–H and O–H groups in total. The van der Waals surface area contributed by atoms with E-state index in [2.05, 4.69) is 9.97 Å². The van der Waals surface area contributed by atoms with Crippen LogP contribution in [0.2, 0.25) is 0 Å². The molecular weight excluding hydrogens is 359 g/mol. The third-order valence-corrected chi connectivity index (χ3v) is 5.71. The maximum absolute atomic E-state index is 14.2. The number of hydrogen-bond donors (Lipinski definition) is 0. The first-order valence-electron chi connectivity index (χ1n) is 9.75. The number of rotatable bonds is 3. The minimum Gasteiger partial charge on any atom is -0.333 e. The van der Waals surface area contributed by atoms with Crippen molar-refractivity contribution in [3.63, 3.8) is 0 Å². The minimum atomic E-state index is -0.306. The second-order valence-electron chi connectivity index (χ2n) is 7.37. The topological polar surface area (TPSA) is 66.4 Å². The lowest BCUT2D eigenvalue weighted by atomic mass is 9.96. The normalized spacial score (nSPS) is 22.5. The first kappa shape index (κ1) is 18.5. The van der Waals surface area contributed by atoms with Crippen LogP contribution in [0.25, 0.3) is 0 Å². The number of amides is 2. The Kier molecular flexibility index (Phi) is 5.32. The van der Waals surface area contributed by atoms with E-state index in [1.54, 1.807) is 23.1 Å². The SMILES string of the molecule is O=C(c1cnccn1)N1CC[C@H]2[C@H]1CCCCC(=O)N2Cc1ccccc1F. The first-order chi connectivity index (χ1) is 13.6. The van der Waals surface area contributed by atoms with Gasteiger partial charge in [0.15, 0.2) is 0 Å². The molecule has 2 fully saturated rings. The lowest BCUT2D eigenvalue weighted by molar-refractivity contribution is -0.135. The summed E-state index contributed by atoms with van der Waals surface area (Å²) in [7, 11) is 0. The summed E-state index contributed by atoms with van der Waals surface area (Å²) >= 11 is 0. The van der Waals surface area contributed by atoms with E-state index in [4.69, 9.17) is 0 Å². The molecule has 0 aliphatic carbocycles. The third-order valence-electron chi connectivity index (χ3n) is 5.71. The molecule has 0 spiro atoms. The first-order valence-corrected chi connectivity index (χ1v) is 9.75. The summed E-state index contributed by atoms with van der Waals surface area (Å²) in [5.74, 6) is -0.425. The van der Waals surface area contributed by atoms with E-state index in [1.165, 1.54) is 24.7 Å². The van der Waals surface area contributed by atoms with Crippen LogP contribution in [0, 0.1) is 5.82 Å². The molecule has 2 aromatic rings. The Bertz CT molecular complexity index is 860. The fourth-order valence-corrected chi connectivity index (χ4v) is 4.33. The number of likely N-dealkylation sites (tertiary alicyclic amines) is 2. The molecule has 4 rings (SSSR count).